The molecule has 23 heavy (non-hydrogen) atoms. The Kier molecular flexibility index (Phi) is 6.54. The Morgan fingerprint density at radius 1 is 1.30 bits per heavy atom. The van der Waals surface area contributed by atoms with Crippen LogP contribution in [-0.4, -0.2) is 41.0 Å². The Balaban J connectivity index is 1.97. The highest BCUT2D eigenvalue weighted by atomic mass is 32.1. The molecular weight excluding hydrogens is 312 g/mol. The monoisotopic (exact) mass is 336 g/mol. The molecular formula is C15H24N6OS. The molecule has 0 fully saturated rings. The van der Waals surface area contributed by atoms with Crippen LogP contribution in [0.3, 0.4) is 0 Å². The van der Waals surface area contributed by atoms with E-state index in [0.29, 0.717) is 19.7 Å². The van der Waals surface area contributed by atoms with Gasteiger partial charge in [-0.05, 0) is 26.0 Å². The van der Waals surface area contributed by atoms with Crippen molar-refractivity contribution in [1.29, 1.82) is 0 Å². The maximum atomic E-state index is 5.07. The molecule has 0 atom stereocenters. The molecule has 2 aromatic rings. The molecule has 2 rings (SSSR count). The third kappa shape index (κ3) is 5.33. The smallest absolute Gasteiger partial charge is 0.192 e. The first-order valence-electron chi connectivity index (χ1n) is 7.51. The summed E-state index contributed by atoms with van der Waals surface area (Å²) in [7, 11) is 3.63. The van der Waals surface area contributed by atoms with E-state index in [0.717, 1.165) is 24.2 Å². The summed E-state index contributed by atoms with van der Waals surface area (Å²) < 4.78 is 7.02. The Morgan fingerprint density at radius 3 is 2.74 bits per heavy atom. The number of aromatic nitrogens is 3. The molecule has 0 aliphatic carbocycles. The van der Waals surface area contributed by atoms with E-state index in [-0.39, 0.29) is 0 Å². The molecule has 7 nitrogen and oxygen atoms in total. The van der Waals surface area contributed by atoms with Crippen molar-refractivity contribution < 1.29 is 4.74 Å². The SMILES string of the molecule is COCCNC(=NCc1nnc(C)n1C)NCc1ccc(C)s1. The minimum absolute atomic E-state index is 0.475. The van der Waals surface area contributed by atoms with Crippen molar-refractivity contribution in [3.63, 3.8) is 0 Å². The fraction of sp³-hybridized carbons (Fsp3) is 0.533. The highest BCUT2D eigenvalue weighted by Gasteiger charge is 2.05. The first-order valence-corrected chi connectivity index (χ1v) is 8.33. The molecule has 0 aliphatic heterocycles. The predicted octanol–water partition coefficient (Wildman–Crippen LogP) is 1.38. The maximum Gasteiger partial charge on any atom is 0.192 e. The van der Waals surface area contributed by atoms with Crippen LogP contribution in [0.5, 0.6) is 0 Å². The number of rotatable bonds is 7. The summed E-state index contributed by atoms with van der Waals surface area (Å²) in [5, 5.41) is 14.8. The summed E-state index contributed by atoms with van der Waals surface area (Å²) in [4.78, 5) is 7.17. The van der Waals surface area contributed by atoms with Crippen LogP contribution in [0.2, 0.25) is 0 Å². The van der Waals surface area contributed by atoms with Crippen LogP contribution in [0, 0.1) is 13.8 Å². The number of nitrogens with one attached hydrogen (secondary N) is 2. The largest absolute Gasteiger partial charge is 0.383 e. The summed E-state index contributed by atoms with van der Waals surface area (Å²) in [5.74, 6) is 2.46. The maximum absolute atomic E-state index is 5.07. The molecule has 0 bridgehead atoms. The third-order valence-corrected chi connectivity index (χ3v) is 4.39. The minimum atomic E-state index is 0.475. The van der Waals surface area contributed by atoms with Crippen molar-refractivity contribution in [3.05, 3.63) is 33.5 Å². The highest BCUT2D eigenvalue weighted by molar-refractivity contribution is 7.11. The third-order valence-electron chi connectivity index (χ3n) is 3.39. The summed E-state index contributed by atoms with van der Waals surface area (Å²) in [5.41, 5.74) is 0. The molecule has 2 N–H and O–H groups in total. The summed E-state index contributed by atoms with van der Waals surface area (Å²) in [6, 6.07) is 4.25. The molecule has 2 heterocycles. The number of aryl methyl sites for hydroxylation is 2. The van der Waals surface area contributed by atoms with Crippen molar-refractivity contribution in [2.75, 3.05) is 20.3 Å². The second-order valence-electron chi connectivity index (χ2n) is 5.17. The van der Waals surface area contributed by atoms with Gasteiger partial charge in [0, 0.05) is 30.5 Å². The second kappa shape index (κ2) is 8.64. The second-order valence-corrected chi connectivity index (χ2v) is 6.55. The molecule has 0 spiro atoms. The number of aliphatic imine (C=N–C) groups is 1. The zero-order chi connectivity index (χ0) is 16.7. The van der Waals surface area contributed by atoms with Crippen LogP contribution in [0.25, 0.3) is 0 Å². The zero-order valence-corrected chi connectivity index (χ0v) is 14.9. The molecule has 126 valence electrons. The van der Waals surface area contributed by atoms with E-state index >= 15 is 0 Å². The van der Waals surface area contributed by atoms with Crippen LogP contribution < -0.4 is 10.6 Å². The lowest BCUT2D eigenvalue weighted by Gasteiger charge is -2.11. The average Bonchev–Trinajstić information content (AvgIpc) is 3.09. The number of hydrogen-bond acceptors (Lipinski definition) is 5. The Morgan fingerprint density at radius 2 is 2.13 bits per heavy atom. The van der Waals surface area contributed by atoms with Gasteiger partial charge in [0.05, 0.1) is 13.2 Å². The molecule has 0 aromatic carbocycles. The van der Waals surface area contributed by atoms with E-state index in [4.69, 9.17) is 4.74 Å². The summed E-state index contributed by atoms with van der Waals surface area (Å²) in [6.07, 6.45) is 0. The fourth-order valence-electron chi connectivity index (χ4n) is 1.94. The molecule has 2 aromatic heterocycles. The minimum Gasteiger partial charge on any atom is -0.383 e. The molecule has 0 amide bonds. The van der Waals surface area contributed by atoms with Crippen molar-refractivity contribution in [3.8, 4) is 0 Å². The van der Waals surface area contributed by atoms with E-state index in [1.165, 1.54) is 9.75 Å². The number of hydrogen-bond donors (Lipinski definition) is 2. The normalized spacial score (nSPS) is 11.7. The van der Waals surface area contributed by atoms with Crippen molar-refractivity contribution in [1.82, 2.24) is 25.4 Å². The van der Waals surface area contributed by atoms with Gasteiger partial charge in [0.2, 0.25) is 0 Å². The van der Waals surface area contributed by atoms with Gasteiger partial charge in [-0.1, -0.05) is 0 Å². The quantitative estimate of drug-likeness (QED) is 0.454. The fourth-order valence-corrected chi connectivity index (χ4v) is 2.77. The van der Waals surface area contributed by atoms with Gasteiger partial charge in [0.25, 0.3) is 0 Å². The zero-order valence-electron chi connectivity index (χ0n) is 14.1. The number of ether oxygens (including phenoxy) is 1. The molecule has 0 unspecified atom stereocenters. The first-order chi connectivity index (χ1) is 11.1. The number of guanidine groups is 1. The van der Waals surface area contributed by atoms with Gasteiger partial charge in [-0.3, -0.25) is 0 Å². The van der Waals surface area contributed by atoms with Gasteiger partial charge in [-0.15, -0.1) is 21.5 Å². The topological polar surface area (TPSA) is 76.4 Å². The molecule has 0 aliphatic rings. The van der Waals surface area contributed by atoms with Gasteiger partial charge >= 0.3 is 0 Å². The lowest BCUT2D eigenvalue weighted by molar-refractivity contribution is 0.203. The van der Waals surface area contributed by atoms with E-state index in [9.17, 15) is 0 Å². The van der Waals surface area contributed by atoms with Gasteiger partial charge in [-0.2, -0.15) is 0 Å². The van der Waals surface area contributed by atoms with E-state index < -0.39 is 0 Å². The lowest BCUT2D eigenvalue weighted by atomic mass is 10.4. The van der Waals surface area contributed by atoms with E-state index in [1.807, 2.05) is 18.5 Å². The van der Waals surface area contributed by atoms with Gasteiger partial charge in [0.1, 0.15) is 12.4 Å². The van der Waals surface area contributed by atoms with Gasteiger partial charge < -0.3 is 19.9 Å². The number of nitrogens with zero attached hydrogens (tertiary/aromatic N) is 4. The lowest BCUT2D eigenvalue weighted by Crippen LogP contribution is -2.38. The van der Waals surface area contributed by atoms with E-state index in [1.54, 1.807) is 18.4 Å². The highest BCUT2D eigenvalue weighted by Crippen LogP contribution is 2.14. The Hall–Kier alpha value is -1.93. The van der Waals surface area contributed by atoms with E-state index in [2.05, 4.69) is 44.9 Å². The average molecular weight is 336 g/mol. The van der Waals surface area contributed by atoms with Gasteiger partial charge in [0.15, 0.2) is 11.8 Å². The van der Waals surface area contributed by atoms with Crippen LogP contribution in [0.4, 0.5) is 0 Å². The van der Waals surface area contributed by atoms with Crippen molar-refractivity contribution in [2.24, 2.45) is 12.0 Å². The molecule has 8 heteroatoms. The first kappa shape index (κ1) is 17.4. The van der Waals surface area contributed by atoms with Crippen molar-refractivity contribution in [2.45, 2.75) is 26.9 Å². The van der Waals surface area contributed by atoms with Crippen LogP contribution >= 0.6 is 11.3 Å². The Bertz CT molecular complexity index is 648. The molecule has 0 saturated heterocycles. The molecule has 0 saturated carbocycles. The van der Waals surface area contributed by atoms with Crippen LogP contribution in [-0.2, 0) is 24.9 Å². The van der Waals surface area contributed by atoms with Crippen LogP contribution in [0.15, 0.2) is 17.1 Å². The Labute approximate surface area is 140 Å². The number of thiophene rings is 1. The van der Waals surface area contributed by atoms with Gasteiger partial charge in [-0.25, -0.2) is 4.99 Å². The van der Waals surface area contributed by atoms with Crippen LogP contribution in [0.1, 0.15) is 21.4 Å². The summed E-state index contributed by atoms with van der Waals surface area (Å²) >= 11 is 1.78. The molecule has 0 radical (unpaired) electrons. The standard InChI is InChI=1S/C15H24N6OS/c1-11-5-6-13(23-11)9-17-15(16-7-8-22-4)18-10-14-20-19-12(2)21(14)3/h5-6H,7-10H2,1-4H3,(H2,16,17,18). The van der Waals surface area contributed by atoms with Crippen molar-refractivity contribution >= 4 is 17.3 Å². The summed E-state index contributed by atoms with van der Waals surface area (Å²) in [6.45, 7) is 6.58. The number of methoxy groups -OCH3 is 1. The predicted molar refractivity (Wildman–Crippen MR) is 92.7 cm³/mol.